The van der Waals surface area contributed by atoms with Gasteiger partial charge in [0.25, 0.3) is 0 Å². The van der Waals surface area contributed by atoms with E-state index in [1.54, 1.807) is 33.6 Å². The molecule has 1 aliphatic rings. The van der Waals surface area contributed by atoms with Crippen LogP contribution in [0.1, 0.15) is 40.0 Å². The third-order valence-electron chi connectivity index (χ3n) is 5.56. The maximum Gasteiger partial charge on any atom is 0.183 e. The van der Waals surface area contributed by atoms with Gasteiger partial charge in [0.05, 0.1) is 21.3 Å². The average molecular weight is 399 g/mol. The summed E-state index contributed by atoms with van der Waals surface area (Å²) in [5.74, 6) is 2.36. The van der Waals surface area contributed by atoms with E-state index in [0.717, 1.165) is 47.5 Å². The molecule has 1 fully saturated rings. The number of hydrogen-bond donors (Lipinski definition) is 0. The molecule has 1 aliphatic heterocycles. The fraction of sp³-hybridized carbons (Fsp3) is 0.478. The summed E-state index contributed by atoms with van der Waals surface area (Å²) in [6, 6.07) is 5.68. The van der Waals surface area contributed by atoms with Crippen LogP contribution in [0.4, 0.5) is 0 Å². The minimum atomic E-state index is -0.0208. The molecule has 6 heteroatoms. The molecule has 0 spiro atoms. The number of carbonyl (C=O) groups excluding carboxylic acids is 1. The molecule has 2 aromatic rings. The third kappa shape index (κ3) is 4.53. The van der Waals surface area contributed by atoms with E-state index < -0.39 is 0 Å². The summed E-state index contributed by atoms with van der Waals surface area (Å²) in [6.45, 7) is 6.25. The van der Waals surface area contributed by atoms with Gasteiger partial charge in [0.2, 0.25) is 0 Å². The van der Waals surface area contributed by atoms with Crippen molar-refractivity contribution in [2.75, 3.05) is 34.4 Å². The molecule has 0 aliphatic carbocycles. The number of methoxy groups -OCH3 is 3. The van der Waals surface area contributed by atoms with Crippen molar-refractivity contribution < 1.29 is 19.0 Å². The Balaban J connectivity index is 1.75. The van der Waals surface area contributed by atoms with E-state index in [1.165, 1.54) is 0 Å². The number of aryl methyl sites for hydroxylation is 2. The minimum Gasteiger partial charge on any atom is -0.496 e. The van der Waals surface area contributed by atoms with Crippen LogP contribution in [0.3, 0.4) is 0 Å². The van der Waals surface area contributed by atoms with E-state index in [0.29, 0.717) is 24.6 Å². The molecule has 1 aromatic heterocycles. The van der Waals surface area contributed by atoms with Crippen molar-refractivity contribution in [2.45, 2.75) is 33.2 Å². The van der Waals surface area contributed by atoms with Gasteiger partial charge in [-0.2, -0.15) is 0 Å². The molecule has 6 nitrogen and oxygen atoms in total. The predicted octanol–water partition coefficient (Wildman–Crippen LogP) is 3.82. The first-order chi connectivity index (χ1) is 14.0. The van der Waals surface area contributed by atoms with Crippen molar-refractivity contribution in [1.82, 2.24) is 9.88 Å². The Morgan fingerprint density at radius 2 is 1.79 bits per heavy atom. The standard InChI is InChI=1S/C23H30N2O4/c1-15-11-18(12-16(2)22(15)28-4)21(26)17-7-6-10-25(13-17)14-19-23(29-5)20(27-3)8-9-24-19/h8-9,11-12,17H,6-7,10,13-14H2,1-5H3/t17-/m0/s1. The lowest BCUT2D eigenvalue weighted by atomic mass is 9.88. The second kappa shape index (κ2) is 9.27. The molecule has 1 saturated heterocycles. The van der Waals surface area contributed by atoms with Gasteiger partial charge in [-0.05, 0) is 56.5 Å². The SMILES string of the molecule is COc1ccnc(CN2CCC[C@H](C(=O)c3cc(C)c(OC)c(C)c3)C2)c1OC. The number of nitrogens with zero attached hydrogens (tertiary/aromatic N) is 2. The number of ether oxygens (including phenoxy) is 3. The normalized spacial score (nSPS) is 17.1. The number of Topliss-reactive ketones (excluding diaryl/α,β-unsaturated/α-hetero) is 1. The van der Waals surface area contributed by atoms with Gasteiger partial charge in [-0.25, -0.2) is 0 Å². The number of pyridine rings is 1. The summed E-state index contributed by atoms with van der Waals surface area (Å²) in [4.78, 5) is 20.0. The summed E-state index contributed by atoms with van der Waals surface area (Å²) >= 11 is 0. The molecule has 0 amide bonds. The number of piperidine rings is 1. The van der Waals surface area contributed by atoms with Gasteiger partial charge in [0.15, 0.2) is 17.3 Å². The Morgan fingerprint density at radius 1 is 1.10 bits per heavy atom. The fourth-order valence-electron chi connectivity index (χ4n) is 4.24. The van der Waals surface area contributed by atoms with Crippen LogP contribution in [0.5, 0.6) is 17.2 Å². The number of carbonyl (C=O) groups is 1. The van der Waals surface area contributed by atoms with Crippen LogP contribution in [-0.4, -0.2) is 50.1 Å². The highest BCUT2D eigenvalue weighted by Gasteiger charge is 2.28. The Hall–Kier alpha value is -2.60. The molecule has 0 unspecified atom stereocenters. The zero-order valence-corrected chi connectivity index (χ0v) is 17.9. The number of rotatable bonds is 7. The summed E-state index contributed by atoms with van der Waals surface area (Å²) in [5, 5.41) is 0. The number of likely N-dealkylation sites (tertiary alicyclic amines) is 1. The topological polar surface area (TPSA) is 60.9 Å². The highest BCUT2D eigenvalue weighted by Crippen LogP contribution is 2.32. The summed E-state index contributed by atoms with van der Waals surface area (Å²) in [6.07, 6.45) is 3.62. The zero-order valence-electron chi connectivity index (χ0n) is 17.9. The van der Waals surface area contributed by atoms with Gasteiger partial charge in [-0.15, -0.1) is 0 Å². The van der Waals surface area contributed by atoms with Gasteiger partial charge < -0.3 is 14.2 Å². The smallest absolute Gasteiger partial charge is 0.183 e. The van der Waals surface area contributed by atoms with E-state index in [2.05, 4.69) is 9.88 Å². The van der Waals surface area contributed by atoms with Crippen LogP contribution < -0.4 is 14.2 Å². The van der Waals surface area contributed by atoms with Crippen LogP contribution in [0.2, 0.25) is 0 Å². The number of aromatic nitrogens is 1. The number of hydrogen-bond acceptors (Lipinski definition) is 6. The van der Waals surface area contributed by atoms with Crippen molar-refractivity contribution in [3.05, 3.63) is 46.8 Å². The molecule has 29 heavy (non-hydrogen) atoms. The largest absolute Gasteiger partial charge is 0.496 e. The van der Waals surface area contributed by atoms with E-state index in [1.807, 2.05) is 26.0 Å². The second-order valence-corrected chi connectivity index (χ2v) is 7.57. The van der Waals surface area contributed by atoms with Crippen molar-refractivity contribution in [2.24, 2.45) is 5.92 Å². The molecule has 2 heterocycles. The first-order valence-corrected chi connectivity index (χ1v) is 9.96. The van der Waals surface area contributed by atoms with Crippen LogP contribution in [-0.2, 0) is 6.54 Å². The quantitative estimate of drug-likeness (QED) is 0.661. The van der Waals surface area contributed by atoms with Crippen molar-refractivity contribution in [3.8, 4) is 17.2 Å². The highest BCUT2D eigenvalue weighted by atomic mass is 16.5. The minimum absolute atomic E-state index is 0.0208. The molecule has 3 rings (SSSR count). The lowest BCUT2D eigenvalue weighted by Gasteiger charge is -2.32. The first kappa shape index (κ1) is 21.1. The molecular formula is C23H30N2O4. The Morgan fingerprint density at radius 3 is 2.41 bits per heavy atom. The first-order valence-electron chi connectivity index (χ1n) is 9.96. The molecule has 0 bridgehead atoms. The molecule has 156 valence electrons. The molecule has 1 atom stereocenters. The van der Waals surface area contributed by atoms with Crippen molar-refractivity contribution in [3.63, 3.8) is 0 Å². The van der Waals surface area contributed by atoms with Crippen LogP contribution >= 0.6 is 0 Å². The Labute approximate surface area is 172 Å². The number of ketones is 1. The van der Waals surface area contributed by atoms with Gasteiger partial charge in [-0.1, -0.05) is 0 Å². The molecular weight excluding hydrogens is 368 g/mol. The molecule has 0 N–H and O–H groups in total. The lowest BCUT2D eigenvalue weighted by Crippen LogP contribution is -2.38. The molecule has 0 saturated carbocycles. The van der Waals surface area contributed by atoms with Gasteiger partial charge >= 0.3 is 0 Å². The van der Waals surface area contributed by atoms with E-state index in [9.17, 15) is 4.79 Å². The predicted molar refractivity (Wildman–Crippen MR) is 112 cm³/mol. The highest BCUT2D eigenvalue weighted by molar-refractivity contribution is 5.98. The summed E-state index contributed by atoms with van der Waals surface area (Å²) in [7, 11) is 4.91. The molecule has 0 radical (unpaired) electrons. The van der Waals surface area contributed by atoms with E-state index in [-0.39, 0.29) is 11.7 Å². The fourth-order valence-corrected chi connectivity index (χ4v) is 4.24. The Bertz CT molecular complexity index is 858. The monoisotopic (exact) mass is 398 g/mol. The summed E-state index contributed by atoms with van der Waals surface area (Å²) < 4.78 is 16.3. The van der Waals surface area contributed by atoms with Gasteiger partial charge in [-0.3, -0.25) is 14.7 Å². The van der Waals surface area contributed by atoms with E-state index in [4.69, 9.17) is 14.2 Å². The second-order valence-electron chi connectivity index (χ2n) is 7.57. The Kier molecular flexibility index (Phi) is 6.75. The third-order valence-corrected chi connectivity index (χ3v) is 5.56. The van der Waals surface area contributed by atoms with Gasteiger partial charge in [0, 0.05) is 36.8 Å². The average Bonchev–Trinajstić information content (AvgIpc) is 2.73. The molecule has 1 aromatic carbocycles. The van der Waals surface area contributed by atoms with Crippen LogP contribution in [0.15, 0.2) is 24.4 Å². The lowest BCUT2D eigenvalue weighted by molar-refractivity contribution is 0.0808. The maximum absolute atomic E-state index is 13.2. The van der Waals surface area contributed by atoms with Gasteiger partial charge in [0.1, 0.15) is 11.4 Å². The number of benzene rings is 1. The summed E-state index contributed by atoms with van der Waals surface area (Å²) in [5.41, 5.74) is 3.59. The zero-order chi connectivity index (χ0) is 21.0. The maximum atomic E-state index is 13.2. The van der Waals surface area contributed by atoms with Crippen molar-refractivity contribution in [1.29, 1.82) is 0 Å². The van der Waals surface area contributed by atoms with Crippen LogP contribution in [0.25, 0.3) is 0 Å². The van der Waals surface area contributed by atoms with Crippen LogP contribution in [0, 0.1) is 19.8 Å². The van der Waals surface area contributed by atoms with E-state index >= 15 is 0 Å². The van der Waals surface area contributed by atoms with Crippen molar-refractivity contribution >= 4 is 5.78 Å².